The average molecular weight is 386 g/mol. The standard InChI is InChI=1S/C23H28ClNO2/c1-3-21(18-10-9-16-7-5-6-8-17(16)15-18)25-23(26)22(4-2)27-20-13-11-19(24)12-14-20/h9-15,21-22H,3-8H2,1-2H3,(H,25,26). The Kier molecular flexibility index (Phi) is 6.78. The first-order valence-corrected chi connectivity index (χ1v) is 10.3. The van der Waals surface area contributed by atoms with E-state index in [1.165, 1.54) is 36.0 Å². The molecule has 2 aromatic rings. The number of carbonyl (C=O) groups is 1. The third kappa shape index (κ3) is 5.04. The van der Waals surface area contributed by atoms with Crippen LogP contribution < -0.4 is 10.1 Å². The van der Waals surface area contributed by atoms with Crippen LogP contribution >= 0.6 is 11.6 Å². The predicted octanol–water partition coefficient (Wildman–Crippen LogP) is 5.64. The van der Waals surface area contributed by atoms with E-state index in [1.54, 1.807) is 24.3 Å². The van der Waals surface area contributed by atoms with Crippen molar-refractivity contribution in [2.24, 2.45) is 0 Å². The van der Waals surface area contributed by atoms with E-state index in [1.807, 2.05) is 6.92 Å². The molecular formula is C23H28ClNO2. The summed E-state index contributed by atoms with van der Waals surface area (Å²) < 4.78 is 5.88. The second-order valence-corrected chi connectivity index (χ2v) is 7.61. The van der Waals surface area contributed by atoms with E-state index in [0.717, 1.165) is 12.8 Å². The number of ether oxygens (including phenoxy) is 1. The average Bonchev–Trinajstić information content (AvgIpc) is 2.71. The number of carbonyl (C=O) groups excluding carboxylic acids is 1. The van der Waals surface area contributed by atoms with E-state index >= 15 is 0 Å². The van der Waals surface area contributed by atoms with Crippen LogP contribution in [0.1, 0.15) is 62.3 Å². The van der Waals surface area contributed by atoms with Gasteiger partial charge in [0.05, 0.1) is 6.04 Å². The summed E-state index contributed by atoms with van der Waals surface area (Å²) >= 11 is 5.92. The highest BCUT2D eigenvalue weighted by Crippen LogP contribution is 2.26. The molecule has 1 aliphatic rings. The molecule has 0 saturated carbocycles. The van der Waals surface area contributed by atoms with Crippen LogP contribution in [-0.2, 0) is 17.6 Å². The Bertz CT molecular complexity index is 772. The van der Waals surface area contributed by atoms with Crippen molar-refractivity contribution in [1.29, 1.82) is 0 Å². The van der Waals surface area contributed by atoms with E-state index in [-0.39, 0.29) is 11.9 Å². The highest BCUT2D eigenvalue weighted by Gasteiger charge is 2.22. The number of halogens is 1. The van der Waals surface area contributed by atoms with Crippen LogP contribution in [0, 0.1) is 0 Å². The van der Waals surface area contributed by atoms with Crippen molar-refractivity contribution in [3.8, 4) is 5.75 Å². The highest BCUT2D eigenvalue weighted by molar-refractivity contribution is 6.30. The summed E-state index contributed by atoms with van der Waals surface area (Å²) in [4.78, 5) is 12.8. The molecular weight excluding hydrogens is 358 g/mol. The van der Waals surface area contributed by atoms with Crippen LogP contribution in [0.3, 0.4) is 0 Å². The van der Waals surface area contributed by atoms with Crippen molar-refractivity contribution >= 4 is 17.5 Å². The Labute approximate surface area is 167 Å². The van der Waals surface area contributed by atoms with Gasteiger partial charge in [-0.25, -0.2) is 0 Å². The summed E-state index contributed by atoms with van der Waals surface area (Å²) in [5.74, 6) is 0.584. The molecule has 1 aliphatic carbocycles. The van der Waals surface area contributed by atoms with Gasteiger partial charge in [-0.2, -0.15) is 0 Å². The van der Waals surface area contributed by atoms with Gasteiger partial charge in [0.2, 0.25) is 0 Å². The third-order valence-corrected chi connectivity index (χ3v) is 5.51. The van der Waals surface area contributed by atoms with Crippen LogP contribution in [-0.4, -0.2) is 12.0 Å². The fraction of sp³-hybridized carbons (Fsp3) is 0.435. The Morgan fingerprint density at radius 3 is 2.41 bits per heavy atom. The second-order valence-electron chi connectivity index (χ2n) is 7.17. The summed E-state index contributed by atoms with van der Waals surface area (Å²) in [6.45, 7) is 4.06. The maximum Gasteiger partial charge on any atom is 0.261 e. The first-order chi connectivity index (χ1) is 13.1. The number of hydrogen-bond donors (Lipinski definition) is 1. The van der Waals surface area contributed by atoms with Gasteiger partial charge in [-0.15, -0.1) is 0 Å². The minimum absolute atomic E-state index is 0.00703. The molecule has 0 heterocycles. The number of benzene rings is 2. The first-order valence-electron chi connectivity index (χ1n) is 9.95. The minimum atomic E-state index is -0.516. The predicted molar refractivity (Wildman–Crippen MR) is 110 cm³/mol. The summed E-state index contributed by atoms with van der Waals surface area (Å²) in [6, 6.07) is 13.8. The summed E-state index contributed by atoms with van der Waals surface area (Å²) in [7, 11) is 0. The number of rotatable bonds is 7. The largest absolute Gasteiger partial charge is 0.481 e. The topological polar surface area (TPSA) is 38.3 Å². The van der Waals surface area contributed by atoms with Crippen molar-refractivity contribution in [3.63, 3.8) is 0 Å². The molecule has 0 radical (unpaired) electrons. The highest BCUT2D eigenvalue weighted by atomic mass is 35.5. The lowest BCUT2D eigenvalue weighted by Crippen LogP contribution is -2.40. The van der Waals surface area contributed by atoms with Crippen molar-refractivity contribution in [2.75, 3.05) is 0 Å². The third-order valence-electron chi connectivity index (χ3n) is 5.25. The molecule has 1 N–H and O–H groups in total. The van der Waals surface area contributed by atoms with Crippen LogP contribution in [0.2, 0.25) is 5.02 Å². The van der Waals surface area contributed by atoms with E-state index in [2.05, 4.69) is 30.4 Å². The Balaban J connectivity index is 1.68. The monoisotopic (exact) mass is 385 g/mol. The van der Waals surface area contributed by atoms with Gasteiger partial charge < -0.3 is 10.1 Å². The quantitative estimate of drug-likeness (QED) is 0.669. The van der Waals surface area contributed by atoms with Gasteiger partial charge in [0, 0.05) is 5.02 Å². The van der Waals surface area contributed by atoms with Crippen LogP contribution in [0.4, 0.5) is 0 Å². The lowest BCUT2D eigenvalue weighted by molar-refractivity contribution is -0.128. The Morgan fingerprint density at radius 2 is 1.74 bits per heavy atom. The second kappa shape index (κ2) is 9.27. The van der Waals surface area contributed by atoms with Crippen LogP contribution in [0.25, 0.3) is 0 Å². The van der Waals surface area contributed by atoms with Crippen molar-refractivity contribution in [1.82, 2.24) is 5.32 Å². The van der Waals surface area contributed by atoms with E-state index in [4.69, 9.17) is 16.3 Å². The zero-order chi connectivity index (χ0) is 19.2. The molecule has 0 saturated heterocycles. The number of fused-ring (bicyclic) bond motifs is 1. The van der Waals surface area contributed by atoms with E-state index in [9.17, 15) is 4.79 Å². The van der Waals surface area contributed by atoms with Gasteiger partial charge in [-0.3, -0.25) is 4.79 Å². The van der Waals surface area contributed by atoms with E-state index < -0.39 is 6.10 Å². The number of amides is 1. The van der Waals surface area contributed by atoms with Gasteiger partial charge >= 0.3 is 0 Å². The maximum atomic E-state index is 12.8. The molecule has 2 unspecified atom stereocenters. The molecule has 144 valence electrons. The lowest BCUT2D eigenvalue weighted by atomic mass is 9.88. The molecule has 4 heteroatoms. The normalized spacial score (nSPS) is 15.5. The molecule has 0 bridgehead atoms. The first kappa shape index (κ1) is 19.8. The molecule has 1 amide bonds. The zero-order valence-electron chi connectivity index (χ0n) is 16.1. The number of hydrogen-bond acceptors (Lipinski definition) is 2. The zero-order valence-corrected chi connectivity index (χ0v) is 16.9. The van der Waals surface area contributed by atoms with Crippen molar-refractivity contribution in [3.05, 3.63) is 64.2 Å². The van der Waals surface area contributed by atoms with Gasteiger partial charge in [0.25, 0.3) is 5.91 Å². The number of nitrogens with one attached hydrogen (secondary N) is 1. The molecule has 3 rings (SSSR count). The van der Waals surface area contributed by atoms with Gasteiger partial charge in [0.15, 0.2) is 6.10 Å². The van der Waals surface area contributed by atoms with E-state index in [0.29, 0.717) is 17.2 Å². The molecule has 3 nitrogen and oxygen atoms in total. The number of aryl methyl sites for hydroxylation is 2. The molecule has 2 aromatic carbocycles. The molecule has 0 fully saturated rings. The van der Waals surface area contributed by atoms with Crippen LogP contribution in [0.5, 0.6) is 5.75 Å². The van der Waals surface area contributed by atoms with Crippen molar-refractivity contribution in [2.45, 2.75) is 64.5 Å². The summed E-state index contributed by atoms with van der Waals surface area (Å²) in [6.07, 6.45) is 5.79. The SMILES string of the molecule is CCC(Oc1ccc(Cl)cc1)C(=O)NC(CC)c1ccc2c(c1)CCCC2. The fourth-order valence-corrected chi connectivity index (χ4v) is 3.78. The van der Waals surface area contributed by atoms with Gasteiger partial charge in [0.1, 0.15) is 5.75 Å². The summed E-state index contributed by atoms with van der Waals surface area (Å²) in [5.41, 5.74) is 4.09. The molecule has 27 heavy (non-hydrogen) atoms. The molecule has 2 atom stereocenters. The maximum absolute atomic E-state index is 12.8. The van der Waals surface area contributed by atoms with Gasteiger partial charge in [-0.1, -0.05) is 43.6 Å². The van der Waals surface area contributed by atoms with Crippen LogP contribution in [0.15, 0.2) is 42.5 Å². The molecule has 0 aliphatic heterocycles. The molecule has 0 spiro atoms. The Hall–Kier alpha value is -2.00. The van der Waals surface area contributed by atoms with Crippen molar-refractivity contribution < 1.29 is 9.53 Å². The lowest BCUT2D eigenvalue weighted by Gasteiger charge is -2.24. The fourth-order valence-electron chi connectivity index (χ4n) is 3.66. The molecule has 0 aromatic heterocycles. The minimum Gasteiger partial charge on any atom is -0.481 e. The van der Waals surface area contributed by atoms with Gasteiger partial charge in [-0.05, 0) is 79.5 Å². The summed E-state index contributed by atoms with van der Waals surface area (Å²) in [5, 5.41) is 3.83. The Morgan fingerprint density at radius 1 is 1.04 bits per heavy atom. The smallest absolute Gasteiger partial charge is 0.261 e.